The number of nitrogens with zero attached hydrogens (tertiary/aromatic N) is 1. The highest BCUT2D eigenvalue weighted by Gasteiger charge is 2.42. The molecule has 4 heteroatoms. The molecule has 2 aliphatic rings. The minimum Gasteiger partial charge on any atom is -0.349 e. The van der Waals surface area contributed by atoms with Crippen LogP contribution in [0, 0.1) is 17.8 Å². The Kier molecular flexibility index (Phi) is 4.97. The van der Waals surface area contributed by atoms with Gasteiger partial charge in [0.1, 0.15) is 0 Å². The normalized spacial score (nSPS) is 25.3. The Labute approximate surface area is 160 Å². The van der Waals surface area contributed by atoms with E-state index in [1.807, 2.05) is 48.5 Å². The standard InChI is InChI=1S/C23H26N2O2/c1-16-12-20(16)22(18-10-6-3-7-11-18)24-23(27)19-13-21(26)25(15-19)14-17-8-4-2-5-9-17/h2-11,16,19-20,22H,12-15H2,1H3,(H,24,27). The average molecular weight is 362 g/mol. The number of carbonyl (C=O) groups is 2. The van der Waals surface area contributed by atoms with E-state index in [2.05, 4.69) is 24.4 Å². The molecule has 1 aliphatic heterocycles. The van der Waals surface area contributed by atoms with Crippen LogP contribution in [0.2, 0.25) is 0 Å². The number of amides is 2. The first-order chi connectivity index (χ1) is 13.1. The molecule has 0 spiro atoms. The summed E-state index contributed by atoms with van der Waals surface area (Å²) in [5.41, 5.74) is 2.26. The van der Waals surface area contributed by atoms with Crippen LogP contribution >= 0.6 is 0 Å². The van der Waals surface area contributed by atoms with Crippen LogP contribution in [0.5, 0.6) is 0 Å². The van der Waals surface area contributed by atoms with E-state index in [1.165, 1.54) is 0 Å². The summed E-state index contributed by atoms with van der Waals surface area (Å²) < 4.78 is 0. The lowest BCUT2D eigenvalue weighted by atomic mass is 9.99. The first-order valence-electron chi connectivity index (χ1n) is 9.79. The summed E-state index contributed by atoms with van der Waals surface area (Å²) in [7, 11) is 0. The number of carbonyl (C=O) groups excluding carboxylic acids is 2. The number of hydrogen-bond acceptors (Lipinski definition) is 2. The molecule has 4 rings (SSSR count). The van der Waals surface area contributed by atoms with Crippen LogP contribution in [0.4, 0.5) is 0 Å². The predicted molar refractivity (Wildman–Crippen MR) is 105 cm³/mol. The fraction of sp³-hybridized carbons (Fsp3) is 0.391. The molecule has 2 amide bonds. The number of benzene rings is 2. The summed E-state index contributed by atoms with van der Waals surface area (Å²) in [6.45, 7) is 3.31. The first-order valence-corrected chi connectivity index (χ1v) is 9.79. The van der Waals surface area contributed by atoms with Crippen molar-refractivity contribution in [1.82, 2.24) is 10.2 Å². The molecule has 27 heavy (non-hydrogen) atoms. The van der Waals surface area contributed by atoms with E-state index < -0.39 is 0 Å². The summed E-state index contributed by atoms with van der Waals surface area (Å²) in [6.07, 6.45) is 1.45. The lowest BCUT2D eigenvalue weighted by Gasteiger charge is -2.22. The average Bonchev–Trinajstić information content (AvgIpc) is 3.30. The molecule has 1 N–H and O–H groups in total. The summed E-state index contributed by atoms with van der Waals surface area (Å²) in [4.78, 5) is 27.1. The topological polar surface area (TPSA) is 49.4 Å². The predicted octanol–water partition coefficient (Wildman–Crippen LogP) is 3.55. The molecule has 0 bridgehead atoms. The quantitative estimate of drug-likeness (QED) is 0.854. The van der Waals surface area contributed by atoms with Crippen molar-refractivity contribution < 1.29 is 9.59 Å². The molecule has 1 heterocycles. The van der Waals surface area contributed by atoms with Crippen molar-refractivity contribution >= 4 is 11.8 Å². The van der Waals surface area contributed by atoms with Gasteiger partial charge in [0.25, 0.3) is 0 Å². The Balaban J connectivity index is 1.41. The molecule has 1 saturated heterocycles. The molecule has 2 fully saturated rings. The maximum absolute atomic E-state index is 12.9. The molecule has 1 aliphatic carbocycles. The summed E-state index contributed by atoms with van der Waals surface area (Å²) >= 11 is 0. The Bertz CT molecular complexity index is 806. The van der Waals surface area contributed by atoms with Gasteiger partial charge in [0, 0.05) is 19.5 Å². The maximum atomic E-state index is 12.9. The fourth-order valence-electron chi connectivity index (χ4n) is 4.09. The van der Waals surface area contributed by atoms with Gasteiger partial charge in [-0.1, -0.05) is 67.6 Å². The van der Waals surface area contributed by atoms with Crippen LogP contribution in [0.25, 0.3) is 0 Å². The highest BCUT2D eigenvalue weighted by molar-refractivity contribution is 5.89. The second kappa shape index (κ2) is 7.55. The Hall–Kier alpha value is -2.62. The Morgan fingerprint density at radius 1 is 1.11 bits per heavy atom. The highest BCUT2D eigenvalue weighted by atomic mass is 16.2. The van der Waals surface area contributed by atoms with Crippen LogP contribution in [-0.4, -0.2) is 23.3 Å². The number of hydrogen-bond donors (Lipinski definition) is 1. The molecule has 0 radical (unpaired) electrons. The van der Waals surface area contributed by atoms with E-state index in [0.717, 1.165) is 17.5 Å². The van der Waals surface area contributed by atoms with Crippen molar-refractivity contribution in [3.63, 3.8) is 0 Å². The molecule has 0 aromatic heterocycles. The zero-order chi connectivity index (χ0) is 18.8. The van der Waals surface area contributed by atoms with Crippen molar-refractivity contribution in [2.75, 3.05) is 6.54 Å². The van der Waals surface area contributed by atoms with Crippen LogP contribution < -0.4 is 5.32 Å². The smallest absolute Gasteiger partial charge is 0.225 e. The lowest BCUT2D eigenvalue weighted by molar-refractivity contribution is -0.129. The molecule has 4 unspecified atom stereocenters. The molecular formula is C23H26N2O2. The molecule has 1 saturated carbocycles. The molecule has 4 atom stereocenters. The zero-order valence-corrected chi connectivity index (χ0v) is 15.7. The van der Waals surface area contributed by atoms with Gasteiger partial charge in [-0.05, 0) is 29.4 Å². The third-order valence-electron chi connectivity index (χ3n) is 5.86. The van der Waals surface area contributed by atoms with Crippen LogP contribution in [0.1, 0.15) is 36.9 Å². The summed E-state index contributed by atoms with van der Waals surface area (Å²) in [6, 6.07) is 20.2. The third kappa shape index (κ3) is 4.05. The van der Waals surface area contributed by atoms with Gasteiger partial charge in [-0.3, -0.25) is 9.59 Å². The molecule has 140 valence electrons. The van der Waals surface area contributed by atoms with Crippen molar-refractivity contribution in [1.29, 1.82) is 0 Å². The van der Waals surface area contributed by atoms with E-state index in [-0.39, 0.29) is 23.8 Å². The van der Waals surface area contributed by atoms with Gasteiger partial charge in [0.2, 0.25) is 11.8 Å². The van der Waals surface area contributed by atoms with Crippen LogP contribution in [0.15, 0.2) is 60.7 Å². The van der Waals surface area contributed by atoms with E-state index in [0.29, 0.717) is 31.3 Å². The second-order valence-corrected chi connectivity index (χ2v) is 7.93. The molecule has 4 nitrogen and oxygen atoms in total. The van der Waals surface area contributed by atoms with Gasteiger partial charge in [-0.25, -0.2) is 0 Å². The van der Waals surface area contributed by atoms with Gasteiger partial charge in [0.05, 0.1) is 12.0 Å². The maximum Gasteiger partial charge on any atom is 0.225 e. The second-order valence-electron chi connectivity index (χ2n) is 7.93. The van der Waals surface area contributed by atoms with E-state index in [4.69, 9.17) is 0 Å². The Morgan fingerprint density at radius 3 is 2.37 bits per heavy atom. The largest absolute Gasteiger partial charge is 0.349 e. The van der Waals surface area contributed by atoms with Gasteiger partial charge >= 0.3 is 0 Å². The van der Waals surface area contributed by atoms with Gasteiger partial charge in [0.15, 0.2) is 0 Å². The van der Waals surface area contributed by atoms with E-state index >= 15 is 0 Å². The van der Waals surface area contributed by atoms with Crippen molar-refractivity contribution in [3.8, 4) is 0 Å². The van der Waals surface area contributed by atoms with E-state index in [1.54, 1.807) is 4.90 Å². The third-order valence-corrected chi connectivity index (χ3v) is 5.86. The number of nitrogens with one attached hydrogen (secondary N) is 1. The minimum atomic E-state index is -0.263. The van der Waals surface area contributed by atoms with Crippen molar-refractivity contribution in [3.05, 3.63) is 71.8 Å². The van der Waals surface area contributed by atoms with E-state index in [9.17, 15) is 9.59 Å². The van der Waals surface area contributed by atoms with Crippen molar-refractivity contribution in [2.45, 2.75) is 32.4 Å². The molecular weight excluding hydrogens is 336 g/mol. The first kappa shape index (κ1) is 17.8. The van der Waals surface area contributed by atoms with Crippen LogP contribution in [-0.2, 0) is 16.1 Å². The minimum absolute atomic E-state index is 0.00636. The van der Waals surface area contributed by atoms with Gasteiger partial charge in [-0.2, -0.15) is 0 Å². The van der Waals surface area contributed by atoms with Crippen molar-refractivity contribution in [2.24, 2.45) is 17.8 Å². The Morgan fingerprint density at radius 2 is 1.74 bits per heavy atom. The SMILES string of the molecule is CC1CC1C(NC(=O)C1CC(=O)N(Cc2ccccc2)C1)c1ccccc1. The zero-order valence-electron chi connectivity index (χ0n) is 15.7. The molecule has 2 aromatic carbocycles. The highest BCUT2D eigenvalue weighted by Crippen LogP contribution is 2.47. The fourth-order valence-corrected chi connectivity index (χ4v) is 4.09. The number of likely N-dealkylation sites (tertiary alicyclic amines) is 1. The lowest BCUT2D eigenvalue weighted by Crippen LogP contribution is -2.36. The number of rotatable bonds is 6. The summed E-state index contributed by atoms with van der Waals surface area (Å²) in [5, 5.41) is 3.25. The summed E-state index contributed by atoms with van der Waals surface area (Å²) in [5.74, 6) is 0.938. The van der Waals surface area contributed by atoms with Gasteiger partial charge in [-0.15, -0.1) is 0 Å². The van der Waals surface area contributed by atoms with Crippen LogP contribution in [0.3, 0.4) is 0 Å². The molecule has 2 aromatic rings. The van der Waals surface area contributed by atoms with Gasteiger partial charge < -0.3 is 10.2 Å². The monoisotopic (exact) mass is 362 g/mol.